The smallest absolute Gasteiger partial charge is 0.349 e. The van der Waals surface area contributed by atoms with Crippen LogP contribution in [0, 0.1) is 6.92 Å². The van der Waals surface area contributed by atoms with Crippen LogP contribution in [0.5, 0.6) is 0 Å². The second-order valence-corrected chi connectivity index (χ2v) is 9.09. The standard InChI is InChI=1S/C25H21ClN2O4S/c1-14(2)32-24(25(30)31)22-15(3)10-20-19(23(22)16-4-6-17(26)7-5-16)8-9-21(29)28(20)12-18-11-27-13-33-18/h4-11,13,24H,1,12H2,2-3H3,(H,30,31)/t24-/m0/s1. The molecule has 1 atom stereocenters. The van der Waals surface area contributed by atoms with E-state index in [2.05, 4.69) is 11.6 Å². The molecule has 0 bridgehead atoms. The highest BCUT2D eigenvalue weighted by molar-refractivity contribution is 7.09. The van der Waals surface area contributed by atoms with Crippen LogP contribution in [0.4, 0.5) is 0 Å². The predicted octanol–water partition coefficient (Wildman–Crippen LogP) is 5.81. The predicted molar refractivity (Wildman–Crippen MR) is 131 cm³/mol. The Morgan fingerprint density at radius 1 is 1.27 bits per heavy atom. The number of hydrogen-bond donors (Lipinski definition) is 1. The summed E-state index contributed by atoms with van der Waals surface area (Å²) >= 11 is 7.58. The molecule has 0 spiro atoms. The van der Waals surface area contributed by atoms with Crippen LogP contribution in [-0.2, 0) is 16.1 Å². The summed E-state index contributed by atoms with van der Waals surface area (Å²) in [5.41, 5.74) is 4.89. The molecule has 0 fully saturated rings. The Kier molecular flexibility index (Phi) is 6.35. The number of fused-ring (bicyclic) bond motifs is 1. The number of thiazole rings is 1. The van der Waals surface area contributed by atoms with Gasteiger partial charge in [0.25, 0.3) is 5.56 Å². The molecule has 8 heteroatoms. The lowest BCUT2D eigenvalue weighted by molar-refractivity contribution is -0.148. The van der Waals surface area contributed by atoms with E-state index in [0.29, 0.717) is 39.5 Å². The SMILES string of the molecule is C=C(C)O[C@H](C(=O)O)c1c(C)cc2c(ccc(=O)n2Cc2cncs2)c1-c1ccc(Cl)cc1. The summed E-state index contributed by atoms with van der Waals surface area (Å²) in [7, 11) is 0. The molecule has 0 aliphatic carbocycles. The van der Waals surface area contributed by atoms with Gasteiger partial charge in [0.2, 0.25) is 6.10 Å². The summed E-state index contributed by atoms with van der Waals surface area (Å²) < 4.78 is 7.33. The molecular formula is C25H21ClN2O4S. The van der Waals surface area contributed by atoms with Gasteiger partial charge in [0, 0.05) is 33.1 Å². The molecule has 2 aromatic carbocycles. The van der Waals surface area contributed by atoms with Gasteiger partial charge in [0.15, 0.2) is 0 Å². The number of carboxylic acid groups (broad SMARTS) is 1. The summed E-state index contributed by atoms with van der Waals surface area (Å²) in [5, 5.41) is 11.3. The fourth-order valence-electron chi connectivity index (χ4n) is 3.92. The highest BCUT2D eigenvalue weighted by Crippen LogP contribution is 2.40. The maximum Gasteiger partial charge on any atom is 0.349 e. The molecule has 0 saturated carbocycles. The fourth-order valence-corrected chi connectivity index (χ4v) is 4.63. The van der Waals surface area contributed by atoms with Crippen LogP contribution >= 0.6 is 22.9 Å². The van der Waals surface area contributed by atoms with E-state index in [9.17, 15) is 14.7 Å². The number of pyridine rings is 1. The van der Waals surface area contributed by atoms with Crippen molar-refractivity contribution in [2.45, 2.75) is 26.5 Å². The molecule has 168 valence electrons. The van der Waals surface area contributed by atoms with Crippen LogP contribution in [0.15, 0.2) is 71.3 Å². The second kappa shape index (κ2) is 9.21. The molecular weight excluding hydrogens is 460 g/mol. The molecule has 0 saturated heterocycles. The monoisotopic (exact) mass is 480 g/mol. The number of aryl methyl sites for hydroxylation is 1. The average molecular weight is 481 g/mol. The van der Waals surface area contributed by atoms with Gasteiger partial charge in [-0.1, -0.05) is 30.3 Å². The molecule has 2 heterocycles. The van der Waals surface area contributed by atoms with Gasteiger partial charge in [-0.25, -0.2) is 4.79 Å². The molecule has 33 heavy (non-hydrogen) atoms. The quantitative estimate of drug-likeness (QED) is 0.337. The van der Waals surface area contributed by atoms with Crippen molar-refractivity contribution in [3.05, 3.63) is 97.9 Å². The maximum absolute atomic E-state index is 12.8. The number of aromatic nitrogens is 2. The van der Waals surface area contributed by atoms with Crippen LogP contribution in [0.3, 0.4) is 0 Å². The largest absolute Gasteiger partial charge is 0.479 e. The summed E-state index contributed by atoms with van der Waals surface area (Å²) in [4.78, 5) is 30.1. The fraction of sp³-hybridized carbons (Fsp3) is 0.160. The van der Waals surface area contributed by atoms with E-state index in [-0.39, 0.29) is 5.56 Å². The molecule has 2 aromatic heterocycles. The van der Waals surface area contributed by atoms with E-state index in [0.717, 1.165) is 15.8 Å². The summed E-state index contributed by atoms with van der Waals surface area (Å²) in [6.45, 7) is 7.52. The summed E-state index contributed by atoms with van der Waals surface area (Å²) in [5.74, 6) is -0.840. The number of carbonyl (C=O) groups is 1. The molecule has 4 rings (SSSR count). The number of nitrogens with zero attached hydrogens (tertiary/aromatic N) is 2. The molecule has 6 nitrogen and oxygen atoms in total. The van der Waals surface area contributed by atoms with Crippen molar-refractivity contribution in [3.63, 3.8) is 0 Å². The van der Waals surface area contributed by atoms with Gasteiger partial charge >= 0.3 is 5.97 Å². The van der Waals surface area contributed by atoms with Crippen LogP contribution in [0.1, 0.15) is 29.0 Å². The van der Waals surface area contributed by atoms with Gasteiger partial charge in [-0.15, -0.1) is 11.3 Å². The summed E-state index contributed by atoms with van der Waals surface area (Å²) in [6.07, 6.45) is 0.470. The molecule has 0 amide bonds. The lowest BCUT2D eigenvalue weighted by Gasteiger charge is -2.24. The molecule has 4 aromatic rings. The van der Waals surface area contributed by atoms with Crippen molar-refractivity contribution in [2.24, 2.45) is 0 Å². The van der Waals surface area contributed by atoms with Crippen LogP contribution in [0.2, 0.25) is 5.02 Å². The third-order valence-corrected chi connectivity index (χ3v) is 6.29. The number of carboxylic acids is 1. The Bertz CT molecular complexity index is 1410. The number of aliphatic carboxylic acids is 1. The third kappa shape index (κ3) is 4.55. The first-order valence-corrected chi connectivity index (χ1v) is 11.4. The van der Waals surface area contributed by atoms with Crippen molar-refractivity contribution < 1.29 is 14.6 Å². The Morgan fingerprint density at radius 3 is 2.61 bits per heavy atom. The lowest BCUT2D eigenvalue weighted by Crippen LogP contribution is -2.21. The van der Waals surface area contributed by atoms with E-state index in [1.54, 1.807) is 41.4 Å². The van der Waals surface area contributed by atoms with Gasteiger partial charge in [-0.05, 0) is 54.8 Å². The molecule has 0 radical (unpaired) electrons. The first-order valence-electron chi connectivity index (χ1n) is 10.1. The molecule has 0 aliphatic rings. The summed E-state index contributed by atoms with van der Waals surface area (Å²) in [6, 6.07) is 12.2. The van der Waals surface area contributed by atoms with Gasteiger partial charge in [-0.2, -0.15) is 0 Å². The van der Waals surface area contributed by atoms with E-state index in [1.807, 2.05) is 25.1 Å². The molecule has 0 aliphatic heterocycles. The van der Waals surface area contributed by atoms with Gasteiger partial charge in [0.05, 0.1) is 23.3 Å². The minimum atomic E-state index is -1.26. The zero-order chi connectivity index (χ0) is 23.7. The van der Waals surface area contributed by atoms with E-state index < -0.39 is 12.1 Å². The Labute approximate surface area is 199 Å². The second-order valence-electron chi connectivity index (χ2n) is 7.69. The molecule has 0 unspecified atom stereocenters. The van der Waals surface area contributed by atoms with Crippen LogP contribution in [-0.4, -0.2) is 20.6 Å². The highest BCUT2D eigenvalue weighted by atomic mass is 35.5. The lowest BCUT2D eigenvalue weighted by atomic mass is 9.88. The Morgan fingerprint density at radius 2 is 2.00 bits per heavy atom. The Hall–Kier alpha value is -3.42. The van der Waals surface area contributed by atoms with Gasteiger partial charge < -0.3 is 14.4 Å². The average Bonchev–Trinajstić information content (AvgIpc) is 3.27. The van der Waals surface area contributed by atoms with Crippen molar-refractivity contribution in [2.75, 3.05) is 0 Å². The maximum atomic E-state index is 12.8. The van der Waals surface area contributed by atoms with E-state index in [4.69, 9.17) is 16.3 Å². The van der Waals surface area contributed by atoms with Crippen molar-refractivity contribution in [1.82, 2.24) is 9.55 Å². The third-order valence-electron chi connectivity index (χ3n) is 5.28. The zero-order valence-electron chi connectivity index (χ0n) is 18.0. The van der Waals surface area contributed by atoms with Crippen LogP contribution < -0.4 is 5.56 Å². The van der Waals surface area contributed by atoms with Crippen molar-refractivity contribution >= 4 is 39.8 Å². The van der Waals surface area contributed by atoms with Crippen molar-refractivity contribution in [1.29, 1.82) is 0 Å². The highest BCUT2D eigenvalue weighted by Gasteiger charge is 2.29. The first kappa shape index (κ1) is 22.8. The number of ether oxygens (including phenoxy) is 1. The first-order chi connectivity index (χ1) is 15.8. The minimum Gasteiger partial charge on any atom is -0.479 e. The molecule has 1 N–H and O–H groups in total. The normalized spacial score (nSPS) is 12.0. The zero-order valence-corrected chi connectivity index (χ0v) is 19.6. The van der Waals surface area contributed by atoms with Crippen molar-refractivity contribution in [3.8, 4) is 11.1 Å². The number of halogens is 1. The number of allylic oxidation sites excluding steroid dienone is 1. The number of rotatable bonds is 7. The number of benzene rings is 2. The Balaban J connectivity index is 2.08. The van der Waals surface area contributed by atoms with E-state index >= 15 is 0 Å². The number of hydrogen-bond acceptors (Lipinski definition) is 5. The minimum absolute atomic E-state index is 0.155. The van der Waals surface area contributed by atoms with Crippen LogP contribution in [0.25, 0.3) is 22.0 Å². The van der Waals surface area contributed by atoms with Gasteiger partial charge in [-0.3, -0.25) is 9.78 Å². The topological polar surface area (TPSA) is 81.4 Å². The van der Waals surface area contributed by atoms with E-state index in [1.165, 1.54) is 17.4 Å². The van der Waals surface area contributed by atoms with Gasteiger partial charge in [0.1, 0.15) is 0 Å².